The number of anilines is 2. The van der Waals surface area contributed by atoms with Crippen molar-refractivity contribution in [1.82, 2.24) is 4.37 Å². The topological polar surface area (TPSA) is 76.3 Å². The van der Waals surface area contributed by atoms with Crippen LogP contribution in [-0.2, 0) is 9.84 Å². The third kappa shape index (κ3) is 3.17. The summed E-state index contributed by atoms with van der Waals surface area (Å²) in [5.74, 6) is 1.28. The zero-order valence-corrected chi connectivity index (χ0v) is 13.6. The van der Waals surface area contributed by atoms with Crippen LogP contribution in [0.5, 0.6) is 0 Å². The molecule has 0 spiro atoms. The zero-order valence-electron chi connectivity index (χ0n) is 11.1. The Morgan fingerprint density at radius 3 is 2.89 bits per heavy atom. The highest BCUT2D eigenvalue weighted by Crippen LogP contribution is 2.37. The smallest absolute Gasteiger partial charge is 0.185 e. The van der Waals surface area contributed by atoms with E-state index < -0.39 is 9.84 Å². The zero-order chi connectivity index (χ0) is 14.0. The monoisotopic (exact) mass is 321 g/mol. The summed E-state index contributed by atoms with van der Waals surface area (Å²) in [5.41, 5.74) is 5.79. The number of nitrogen functional groups attached to an aromatic ring is 1. The average molecular weight is 321 g/mol. The third-order valence-corrected chi connectivity index (χ3v) is 7.13. The maximum Gasteiger partial charge on any atom is 0.185 e. The summed E-state index contributed by atoms with van der Waals surface area (Å²) in [4.78, 5) is 2.36. The van der Waals surface area contributed by atoms with Gasteiger partial charge in [-0.05, 0) is 18.0 Å². The van der Waals surface area contributed by atoms with Gasteiger partial charge < -0.3 is 10.6 Å². The SMILES string of the molecule is CCCS(=O)(=O)c1c(N)nsc1N1CCSC(C)C1. The van der Waals surface area contributed by atoms with E-state index in [1.54, 1.807) is 0 Å². The standard InChI is InChI=1S/C11H19N3O2S3/c1-3-6-19(15,16)9-10(12)13-18-11(9)14-4-5-17-8(2)7-14/h8H,3-7H2,1-2H3,(H2,12,13). The lowest BCUT2D eigenvalue weighted by Crippen LogP contribution is -2.36. The van der Waals surface area contributed by atoms with E-state index in [-0.39, 0.29) is 16.5 Å². The molecule has 0 amide bonds. The first-order chi connectivity index (χ1) is 8.95. The van der Waals surface area contributed by atoms with Crippen molar-refractivity contribution in [2.45, 2.75) is 30.4 Å². The van der Waals surface area contributed by atoms with E-state index in [1.807, 2.05) is 18.7 Å². The number of hydrogen-bond acceptors (Lipinski definition) is 7. The van der Waals surface area contributed by atoms with Gasteiger partial charge in [0, 0.05) is 24.1 Å². The minimum atomic E-state index is -3.32. The second kappa shape index (κ2) is 5.88. The van der Waals surface area contributed by atoms with Gasteiger partial charge in [-0.2, -0.15) is 16.1 Å². The molecule has 1 fully saturated rings. The van der Waals surface area contributed by atoms with Gasteiger partial charge >= 0.3 is 0 Å². The average Bonchev–Trinajstić information content (AvgIpc) is 2.72. The molecule has 8 heteroatoms. The number of sulfone groups is 1. The minimum Gasteiger partial charge on any atom is -0.382 e. The number of nitrogens with two attached hydrogens (primary N) is 1. The first-order valence-electron chi connectivity index (χ1n) is 6.30. The fraction of sp³-hybridized carbons (Fsp3) is 0.727. The van der Waals surface area contributed by atoms with Gasteiger partial charge in [0.1, 0.15) is 9.90 Å². The van der Waals surface area contributed by atoms with Crippen molar-refractivity contribution >= 4 is 44.0 Å². The van der Waals surface area contributed by atoms with Crippen molar-refractivity contribution in [2.24, 2.45) is 0 Å². The molecule has 2 heterocycles. The summed E-state index contributed by atoms with van der Waals surface area (Å²) in [6, 6.07) is 0. The first kappa shape index (κ1) is 14.9. The number of rotatable bonds is 4. The molecule has 19 heavy (non-hydrogen) atoms. The molecule has 1 aliphatic heterocycles. The number of aromatic nitrogens is 1. The Hall–Kier alpha value is -0.470. The fourth-order valence-electron chi connectivity index (χ4n) is 2.15. The lowest BCUT2D eigenvalue weighted by atomic mass is 10.4. The quantitative estimate of drug-likeness (QED) is 0.912. The lowest BCUT2D eigenvalue weighted by Gasteiger charge is -2.31. The number of hydrogen-bond donors (Lipinski definition) is 1. The maximum atomic E-state index is 12.3. The van der Waals surface area contributed by atoms with Crippen molar-refractivity contribution in [3.8, 4) is 0 Å². The van der Waals surface area contributed by atoms with Gasteiger partial charge in [0.05, 0.1) is 5.75 Å². The molecule has 0 saturated carbocycles. The highest BCUT2D eigenvalue weighted by atomic mass is 32.2. The highest BCUT2D eigenvalue weighted by molar-refractivity contribution is 8.00. The van der Waals surface area contributed by atoms with Crippen LogP contribution in [-0.4, -0.2) is 42.6 Å². The molecular weight excluding hydrogens is 302 g/mol. The van der Waals surface area contributed by atoms with E-state index in [0.29, 0.717) is 11.7 Å². The summed E-state index contributed by atoms with van der Waals surface area (Å²) in [6.45, 7) is 5.71. The van der Waals surface area contributed by atoms with Crippen LogP contribution in [0.25, 0.3) is 0 Å². The second-order valence-electron chi connectivity index (χ2n) is 4.65. The minimum absolute atomic E-state index is 0.126. The third-order valence-electron chi connectivity index (χ3n) is 2.97. The molecule has 108 valence electrons. The molecule has 0 aliphatic carbocycles. The summed E-state index contributed by atoms with van der Waals surface area (Å²) >= 11 is 3.11. The van der Waals surface area contributed by atoms with Crippen LogP contribution in [0.2, 0.25) is 0 Å². The van der Waals surface area contributed by atoms with Crippen LogP contribution < -0.4 is 10.6 Å². The van der Waals surface area contributed by atoms with Crippen molar-refractivity contribution in [3.63, 3.8) is 0 Å². The molecule has 0 aromatic carbocycles. The molecule has 1 atom stereocenters. The summed E-state index contributed by atoms with van der Waals surface area (Å²) in [6.07, 6.45) is 0.587. The van der Waals surface area contributed by atoms with Crippen LogP contribution in [0.3, 0.4) is 0 Å². The van der Waals surface area contributed by atoms with E-state index in [4.69, 9.17) is 5.73 Å². The van der Waals surface area contributed by atoms with Gasteiger partial charge in [0.2, 0.25) is 0 Å². The van der Waals surface area contributed by atoms with Crippen LogP contribution in [0, 0.1) is 0 Å². The molecule has 5 nitrogen and oxygen atoms in total. The van der Waals surface area contributed by atoms with Gasteiger partial charge in [-0.3, -0.25) is 0 Å². The van der Waals surface area contributed by atoms with E-state index in [2.05, 4.69) is 16.2 Å². The Bertz CT molecular complexity index is 541. The molecule has 1 aromatic heterocycles. The molecule has 0 bridgehead atoms. The molecule has 1 aliphatic rings. The molecule has 1 aromatic rings. The maximum absolute atomic E-state index is 12.3. The van der Waals surface area contributed by atoms with Crippen molar-refractivity contribution in [1.29, 1.82) is 0 Å². The normalized spacial score (nSPS) is 20.7. The van der Waals surface area contributed by atoms with E-state index in [1.165, 1.54) is 11.5 Å². The van der Waals surface area contributed by atoms with Gasteiger partial charge in [-0.1, -0.05) is 13.8 Å². The van der Waals surface area contributed by atoms with E-state index >= 15 is 0 Å². The predicted octanol–water partition coefficient (Wildman–Crippen LogP) is 1.85. The van der Waals surface area contributed by atoms with Crippen molar-refractivity contribution in [2.75, 3.05) is 35.2 Å². The summed E-state index contributed by atoms with van der Waals surface area (Å²) in [5, 5.41) is 1.22. The largest absolute Gasteiger partial charge is 0.382 e. The van der Waals surface area contributed by atoms with E-state index in [9.17, 15) is 8.42 Å². The van der Waals surface area contributed by atoms with Gasteiger partial charge in [0.25, 0.3) is 0 Å². The molecular formula is C11H19N3O2S3. The van der Waals surface area contributed by atoms with Crippen molar-refractivity contribution < 1.29 is 8.42 Å². The Kier molecular flexibility index (Phi) is 4.62. The van der Waals surface area contributed by atoms with E-state index in [0.717, 1.165) is 23.8 Å². The summed E-state index contributed by atoms with van der Waals surface area (Å²) in [7, 11) is -3.32. The fourth-order valence-corrected chi connectivity index (χ4v) is 5.96. The van der Waals surface area contributed by atoms with Crippen LogP contribution >= 0.6 is 23.3 Å². The highest BCUT2D eigenvalue weighted by Gasteiger charge is 2.29. The lowest BCUT2D eigenvalue weighted by molar-refractivity contribution is 0.595. The van der Waals surface area contributed by atoms with Crippen molar-refractivity contribution in [3.05, 3.63) is 0 Å². The molecule has 0 radical (unpaired) electrons. The predicted molar refractivity (Wildman–Crippen MR) is 83.0 cm³/mol. The first-order valence-corrected chi connectivity index (χ1v) is 9.77. The Morgan fingerprint density at radius 2 is 2.26 bits per heavy atom. The number of nitrogens with zero attached hydrogens (tertiary/aromatic N) is 2. The van der Waals surface area contributed by atoms with Gasteiger partial charge in [0.15, 0.2) is 15.7 Å². The Balaban J connectivity index is 2.37. The number of thioether (sulfide) groups is 1. The van der Waals surface area contributed by atoms with Crippen LogP contribution in [0.1, 0.15) is 20.3 Å². The van der Waals surface area contributed by atoms with Crippen LogP contribution in [0.4, 0.5) is 10.8 Å². The van der Waals surface area contributed by atoms with Gasteiger partial charge in [-0.15, -0.1) is 0 Å². The molecule has 1 saturated heterocycles. The Morgan fingerprint density at radius 1 is 1.53 bits per heavy atom. The van der Waals surface area contributed by atoms with Gasteiger partial charge in [-0.25, -0.2) is 8.42 Å². The second-order valence-corrected chi connectivity index (χ2v) is 8.99. The molecule has 2 N–H and O–H groups in total. The Labute approximate surface area is 122 Å². The molecule has 2 rings (SSSR count). The summed E-state index contributed by atoms with van der Waals surface area (Å²) < 4.78 is 28.7. The van der Waals surface area contributed by atoms with Crippen LogP contribution in [0.15, 0.2) is 4.90 Å². The molecule has 1 unspecified atom stereocenters.